The molecule has 5 nitrogen and oxygen atoms in total. The molecule has 0 spiro atoms. The third-order valence-corrected chi connectivity index (χ3v) is 7.75. The van der Waals surface area contributed by atoms with Crippen LogP contribution in [0.4, 0.5) is 15.8 Å². The molecule has 1 N–H and O–H groups in total. The lowest BCUT2D eigenvalue weighted by Gasteiger charge is -2.25. The van der Waals surface area contributed by atoms with Gasteiger partial charge in [-0.3, -0.25) is 9.10 Å². The van der Waals surface area contributed by atoms with Crippen molar-refractivity contribution in [3.8, 4) is 0 Å². The lowest BCUT2D eigenvalue weighted by molar-refractivity contribution is -0.114. The predicted octanol–water partition coefficient (Wildman–Crippen LogP) is 5.81. The summed E-state index contributed by atoms with van der Waals surface area (Å²) in [6.45, 7) is 5.43. The van der Waals surface area contributed by atoms with E-state index in [4.69, 9.17) is 0 Å². The van der Waals surface area contributed by atoms with E-state index < -0.39 is 28.3 Å². The van der Waals surface area contributed by atoms with Gasteiger partial charge in [0.15, 0.2) is 0 Å². The number of thioether (sulfide) groups is 1. The van der Waals surface area contributed by atoms with Crippen molar-refractivity contribution < 1.29 is 17.6 Å². The normalized spacial score (nSPS) is 11.5. The number of anilines is 2. The maximum absolute atomic E-state index is 14.0. The Bertz CT molecular complexity index is 1240. The standard InChI is InChI=1S/C25H27FN2O3S2/c1-17(2)23-10-5-7-18(3)25(23)27-24(29)16-28(20-9-6-8-19(26)15-20)33(30,31)22-13-11-21(32-4)12-14-22/h5-15,17H,16H2,1-4H3,(H,27,29). The maximum atomic E-state index is 14.0. The zero-order valence-corrected chi connectivity index (χ0v) is 20.6. The van der Waals surface area contributed by atoms with Crippen LogP contribution in [0.5, 0.6) is 0 Å². The first-order valence-electron chi connectivity index (χ1n) is 10.4. The number of aryl methyl sites for hydroxylation is 1. The van der Waals surface area contributed by atoms with Gasteiger partial charge in [-0.25, -0.2) is 12.8 Å². The van der Waals surface area contributed by atoms with Crippen molar-refractivity contribution in [3.63, 3.8) is 0 Å². The molecule has 174 valence electrons. The van der Waals surface area contributed by atoms with E-state index in [-0.39, 0.29) is 16.5 Å². The van der Waals surface area contributed by atoms with Crippen molar-refractivity contribution in [2.75, 3.05) is 22.4 Å². The molecular weight excluding hydrogens is 459 g/mol. The Morgan fingerprint density at radius 2 is 1.73 bits per heavy atom. The number of sulfonamides is 1. The molecule has 0 saturated heterocycles. The molecule has 0 bridgehead atoms. The predicted molar refractivity (Wildman–Crippen MR) is 133 cm³/mol. The molecule has 8 heteroatoms. The van der Waals surface area contributed by atoms with E-state index in [1.165, 1.54) is 42.1 Å². The summed E-state index contributed by atoms with van der Waals surface area (Å²) in [5.74, 6) is -0.940. The molecule has 3 aromatic carbocycles. The van der Waals surface area contributed by atoms with Crippen LogP contribution in [0, 0.1) is 12.7 Å². The molecule has 33 heavy (non-hydrogen) atoms. The highest BCUT2D eigenvalue weighted by Gasteiger charge is 2.28. The molecule has 0 aromatic heterocycles. The smallest absolute Gasteiger partial charge is 0.264 e. The molecule has 1 amide bonds. The maximum Gasteiger partial charge on any atom is 0.264 e. The van der Waals surface area contributed by atoms with Crippen LogP contribution in [0.3, 0.4) is 0 Å². The van der Waals surface area contributed by atoms with Crippen LogP contribution >= 0.6 is 11.8 Å². The summed E-state index contributed by atoms with van der Waals surface area (Å²) in [5.41, 5.74) is 2.57. The highest BCUT2D eigenvalue weighted by atomic mass is 32.2. The average Bonchev–Trinajstić information content (AvgIpc) is 2.78. The zero-order chi connectivity index (χ0) is 24.2. The number of halogens is 1. The zero-order valence-electron chi connectivity index (χ0n) is 19.0. The van der Waals surface area contributed by atoms with Gasteiger partial charge in [0, 0.05) is 10.6 Å². The van der Waals surface area contributed by atoms with Crippen molar-refractivity contribution in [1.82, 2.24) is 0 Å². The molecule has 0 unspecified atom stereocenters. The van der Waals surface area contributed by atoms with Gasteiger partial charge in [0.2, 0.25) is 5.91 Å². The summed E-state index contributed by atoms with van der Waals surface area (Å²) in [6.07, 6.45) is 1.89. The van der Waals surface area contributed by atoms with Gasteiger partial charge in [0.05, 0.1) is 10.6 Å². The first kappa shape index (κ1) is 24.8. The number of amides is 1. The highest BCUT2D eigenvalue weighted by Crippen LogP contribution is 2.29. The topological polar surface area (TPSA) is 66.5 Å². The second-order valence-electron chi connectivity index (χ2n) is 7.91. The second-order valence-corrected chi connectivity index (χ2v) is 10.7. The summed E-state index contributed by atoms with van der Waals surface area (Å²) in [7, 11) is -4.12. The van der Waals surface area contributed by atoms with Crippen LogP contribution in [0.2, 0.25) is 0 Å². The van der Waals surface area contributed by atoms with Gasteiger partial charge in [-0.1, -0.05) is 38.1 Å². The van der Waals surface area contributed by atoms with E-state index in [0.29, 0.717) is 5.69 Å². The molecule has 0 aliphatic carbocycles. The van der Waals surface area contributed by atoms with Crippen molar-refractivity contribution in [2.24, 2.45) is 0 Å². The average molecular weight is 487 g/mol. The number of rotatable bonds is 8. The number of para-hydroxylation sites is 1. The van der Waals surface area contributed by atoms with Crippen LogP contribution in [0.1, 0.15) is 30.9 Å². The Kier molecular flexibility index (Phi) is 7.81. The molecule has 0 radical (unpaired) electrons. The largest absolute Gasteiger partial charge is 0.324 e. The molecule has 0 saturated carbocycles. The number of nitrogens with zero attached hydrogens (tertiary/aromatic N) is 1. The monoisotopic (exact) mass is 486 g/mol. The molecule has 0 aliphatic rings. The van der Waals surface area contributed by atoms with Crippen LogP contribution in [-0.4, -0.2) is 27.1 Å². The fourth-order valence-electron chi connectivity index (χ4n) is 3.47. The van der Waals surface area contributed by atoms with Gasteiger partial charge in [-0.2, -0.15) is 0 Å². The lowest BCUT2D eigenvalue weighted by Crippen LogP contribution is -2.38. The highest BCUT2D eigenvalue weighted by molar-refractivity contribution is 7.98. The van der Waals surface area contributed by atoms with Crippen LogP contribution in [-0.2, 0) is 14.8 Å². The number of hydrogen-bond donors (Lipinski definition) is 1. The molecule has 3 rings (SSSR count). The van der Waals surface area contributed by atoms with E-state index in [1.54, 1.807) is 12.1 Å². The van der Waals surface area contributed by atoms with E-state index >= 15 is 0 Å². The van der Waals surface area contributed by atoms with Crippen LogP contribution in [0.25, 0.3) is 0 Å². The van der Waals surface area contributed by atoms with Gasteiger partial charge >= 0.3 is 0 Å². The minimum absolute atomic E-state index is 0.0242. The fourth-order valence-corrected chi connectivity index (χ4v) is 5.29. The minimum Gasteiger partial charge on any atom is -0.324 e. The number of nitrogens with one attached hydrogen (secondary N) is 1. The summed E-state index contributed by atoms with van der Waals surface area (Å²) in [4.78, 5) is 14.0. The van der Waals surface area contributed by atoms with Gasteiger partial charge in [0.25, 0.3) is 10.0 Å². The molecule has 0 fully saturated rings. The lowest BCUT2D eigenvalue weighted by atomic mass is 9.98. The van der Waals surface area contributed by atoms with E-state index in [0.717, 1.165) is 26.4 Å². The number of carbonyl (C=O) groups excluding carboxylic acids is 1. The summed E-state index contributed by atoms with van der Waals surface area (Å²) >= 11 is 1.49. The Morgan fingerprint density at radius 3 is 2.33 bits per heavy atom. The van der Waals surface area contributed by atoms with Crippen LogP contribution < -0.4 is 9.62 Å². The number of hydrogen-bond acceptors (Lipinski definition) is 4. The van der Waals surface area contributed by atoms with E-state index in [9.17, 15) is 17.6 Å². The van der Waals surface area contributed by atoms with Gasteiger partial charge < -0.3 is 5.32 Å². The first-order chi connectivity index (χ1) is 15.6. The van der Waals surface area contributed by atoms with Crippen molar-refractivity contribution in [3.05, 3.63) is 83.7 Å². The van der Waals surface area contributed by atoms with Crippen molar-refractivity contribution >= 4 is 39.1 Å². The summed E-state index contributed by atoms with van der Waals surface area (Å²) in [5, 5.41) is 2.87. The van der Waals surface area contributed by atoms with E-state index in [1.807, 2.05) is 45.2 Å². The van der Waals surface area contributed by atoms with E-state index in [2.05, 4.69) is 5.32 Å². The molecule has 0 aliphatic heterocycles. The molecule has 0 heterocycles. The first-order valence-corrected chi connectivity index (χ1v) is 13.1. The van der Waals surface area contributed by atoms with Crippen molar-refractivity contribution in [1.29, 1.82) is 0 Å². The van der Waals surface area contributed by atoms with Gasteiger partial charge in [-0.15, -0.1) is 11.8 Å². The third-order valence-electron chi connectivity index (χ3n) is 5.22. The van der Waals surface area contributed by atoms with Crippen molar-refractivity contribution in [2.45, 2.75) is 36.5 Å². The van der Waals surface area contributed by atoms with Gasteiger partial charge in [-0.05, 0) is 72.7 Å². The Labute approximate surface area is 199 Å². The Hall–Kier alpha value is -2.84. The SMILES string of the molecule is CSc1ccc(S(=O)(=O)N(CC(=O)Nc2c(C)cccc2C(C)C)c2cccc(F)c2)cc1. The minimum atomic E-state index is -4.12. The van der Waals surface area contributed by atoms with Gasteiger partial charge in [0.1, 0.15) is 12.4 Å². The molecule has 0 atom stereocenters. The third kappa shape index (κ3) is 5.75. The number of benzene rings is 3. The Morgan fingerprint density at radius 1 is 1.06 bits per heavy atom. The summed E-state index contributed by atoms with van der Waals surface area (Å²) < 4.78 is 41.9. The second kappa shape index (κ2) is 10.4. The van der Waals surface area contributed by atoms with Crippen LogP contribution in [0.15, 0.2) is 76.5 Å². The molecule has 3 aromatic rings. The Balaban J connectivity index is 1.98. The molecular formula is C25H27FN2O3S2. The fraction of sp³-hybridized carbons (Fsp3) is 0.240. The number of carbonyl (C=O) groups is 1. The quantitative estimate of drug-likeness (QED) is 0.408. The summed E-state index contributed by atoms with van der Waals surface area (Å²) in [6, 6.07) is 17.3.